The lowest BCUT2D eigenvalue weighted by Crippen LogP contribution is -2.45. The topological polar surface area (TPSA) is 72.2 Å². The Bertz CT molecular complexity index is 546. The molecule has 1 saturated carbocycles. The Balaban J connectivity index is 1.98. The highest BCUT2D eigenvalue weighted by Gasteiger charge is 2.37. The molecule has 2 rings (SSSR count). The maximum absolute atomic E-state index is 12.3. The van der Waals surface area contributed by atoms with Gasteiger partial charge in [0.2, 0.25) is 10.0 Å². The van der Waals surface area contributed by atoms with Crippen LogP contribution < -0.4 is 10.5 Å². The van der Waals surface area contributed by atoms with E-state index < -0.39 is 10.0 Å². The molecule has 21 heavy (non-hydrogen) atoms. The van der Waals surface area contributed by atoms with Gasteiger partial charge in [-0.05, 0) is 56.2 Å². The highest BCUT2D eigenvalue weighted by Crippen LogP contribution is 2.42. The number of benzene rings is 1. The number of rotatable bonds is 8. The second kappa shape index (κ2) is 7.13. The van der Waals surface area contributed by atoms with Gasteiger partial charge in [-0.3, -0.25) is 0 Å². The van der Waals surface area contributed by atoms with Gasteiger partial charge in [0.25, 0.3) is 0 Å². The lowest BCUT2D eigenvalue weighted by Gasteiger charge is -2.40. The predicted octanol–water partition coefficient (Wildman–Crippen LogP) is 2.14. The highest BCUT2D eigenvalue weighted by atomic mass is 32.2. The molecule has 1 aliphatic rings. The Morgan fingerprint density at radius 1 is 1.29 bits per heavy atom. The summed E-state index contributed by atoms with van der Waals surface area (Å²) in [5, 5.41) is 0. The molecule has 1 aromatic rings. The van der Waals surface area contributed by atoms with Crippen LogP contribution in [0.5, 0.6) is 0 Å². The van der Waals surface area contributed by atoms with Crippen LogP contribution in [0.1, 0.15) is 31.2 Å². The van der Waals surface area contributed by atoms with Gasteiger partial charge in [-0.15, -0.1) is 0 Å². The van der Waals surface area contributed by atoms with Gasteiger partial charge in [0.1, 0.15) is 0 Å². The van der Waals surface area contributed by atoms with Crippen LogP contribution in [-0.2, 0) is 16.4 Å². The molecular formula is C15H24N2O2S2. The minimum Gasteiger partial charge on any atom is -0.330 e. The van der Waals surface area contributed by atoms with Crippen molar-refractivity contribution in [1.82, 2.24) is 4.72 Å². The van der Waals surface area contributed by atoms with Gasteiger partial charge in [0, 0.05) is 11.3 Å². The molecule has 0 spiro atoms. The molecule has 0 amide bonds. The summed E-state index contributed by atoms with van der Waals surface area (Å²) >= 11 is 1.77. The molecule has 0 saturated heterocycles. The van der Waals surface area contributed by atoms with Crippen LogP contribution in [-0.4, -0.2) is 32.5 Å². The normalized spacial score (nSPS) is 17.4. The number of hydrogen-bond acceptors (Lipinski definition) is 4. The van der Waals surface area contributed by atoms with Crippen molar-refractivity contribution in [2.75, 3.05) is 19.3 Å². The van der Waals surface area contributed by atoms with Crippen LogP contribution in [0.3, 0.4) is 0 Å². The molecule has 0 radical (unpaired) electrons. The number of aryl methyl sites for hydroxylation is 1. The summed E-state index contributed by atoms with van der Waals surface area (Å²) in [6.45, 7) is 1.17. The van der Waals surface area contributed by atoms with Crippen LogP contribution in [0, 0.1) is 0 Å². The van der Waals surface area contributed by atoms with Crippen molar-refractivity contribution in [3.8, 4) is 0 Å². The molecule has 3 N–H and O–H groups in total. The zero-order chi connectivity index (χ0) is 15.3. The minimum absolute atomic E-state index is 0.105. The van der Waals surface area contributed by atoms with Crippen molar-refractivity contribution < 1.29 is 8.42 Å². The van der Waals surface area contributed by atoms with Crippen LogP contribution in [0.4, 0.5) is 0 Å². The molecular weight excluding hydrogens is 304 g/mol. The molecule has 4 nitrogen and oxygen atoms in total. The van der Waals surface area contributed by atoms with E-state index in [1.54, 1.807) is 23.9 Å². The molecule has 0 bridgehead atoms. The third-order valence-electron chi connectivity index (χ3n) is 4.19. The van der Waals surface area contributed by atoms with Crippen molar-refractivity contribution in [2.45, 2.75) is 41.7 Å². The molecule has 1 aliphatic carbocycles. The van der Waals surface area contributed by atoms with E-state index in [1.807, 2.05) is 12.1 Å². The molecule has 1 fully saturated rings. The average Bonchev–Trinajstić information content (AvgIpc) is 2.45. The third-order valence-corrected chi connectivity index (χ3v) is 7.02. The number of nitrogens with two attached hydrogens (primary N) is 1. The summed E-state index contributed by atoms with van der Waals surface area (Å²) in [6, 6.07) is 7.11. The van der Waals surface area contributed by atoms with Crippen LogP contribution in [0.2, 0.25) is 0 Å². The Morgan fingerprint density at radius 2 is 1.95 bits per heavy atom. The second-order valence-electron chi connectivity index (χ2n) is 5.60. The first-order valence-corrected chi connectivity index (χ1v) is 10.1. The SMILES string of the molecule is CSC1(CNS(=O)(=O)c2ccc(CCCN)cc2)CCC1. The van der Waals surface area contributed by atoms with Gasteiger partial charge in [-0.1, -0.05) is 18.6 Å². The molecule has 0 unspecified atom stereocenters. The van der Waals surface area contributed by atoms with Gasteiger partial charge < -0.3 is 5.73 Å². The van der Waals surface area contributed by atoms with Crippen molar-refractivity contribution in [3.63, 3.8) is 0 Å². The fraction of sp³-hybridized carbons (Fsp3) is 0.600. The summed E-state index contributed by atoms with van der Waals surface area (Å²) < 4.78 is 27.5. The van der Waals surface area contributed by atoms with Gasteiger partial charge in [0.15, 0.2) is 0 Å². The maximum atomic E-state index is 12.3. The minimum atomic E-state index is -3.41. The predicted molar refractivity (Wildman–Crippen MR) is 89.1 cm³/mol. The first-order chi connectivity index (χ1) is 10.0. The third kappa shape index (κ3) is 4.22. The summed E-state index contributed by atoms with van der Waals surface area (Å²) in [5.41, 5.74) is 6.60. The largest absolute Gasteiger partial charge is 0.330 e. The first kappa shape index (κ1) is 16.8. The monoisotopic (exact) mass is 328 g/mol. The molecule has 6 heteroatoms. The van der Waals surface area contributed by atoms with Crippen molar-refractivity contribution in [2.24, 2.45) is 5.73 Å². The Labute approximate surface area is 131 Å². The number of sulfonamides is 1. The molecule has 0 aliphatic heterocycles. The van der Waals surface area contributed by atoms with E-state index in [4.69, 9.17) is 5.73 Å². The zero-order valence-electron chi connectivity index (χ0n) is 12.5. The number of nitrogens with one attached hydrogen (secondary N) is 1. The summed E-state index contributed by atoms with van der Waals surface area (Å²) in [5.74, 6) is 0. The van der Waals surface area contributed by atoms with Gasteiger partial charge in [-0.25, -0.2) is 13.1 Å². The summed E-state index contributed by atoms with van der Waals surface area (Å²) in [7, 11) is -3.41. The van der Waals surface area contributed by atoms with Crippen molar-refractivity contribution >= 4 is 21.8 Å². The smallest absolute Gasteiger partial charge is 0.240 e. The van der Waals surface area contributed by atoms with Crippen LogP contribution in [0.15, 0.2) is 29.2 Å². The second-order valence-corrected chi connectivity index (χ2v) is 8.64. The molecule has 118 valence electrons. The van der Waals surface area contributed by atoms with Gasteiger partial charge >= 0.3 is 0 Å². The van der Waals surface area contributed by atoms with E-state index in [0.717, 1.165) is 31.2 Å². The fourth-order valence-electron chi connectivity index (χ4n) is 2.48. The van der Waals surface area contributed by atoms with Crippen molar-refractivity contribution in [1.29, 1.82) is 0 Å². The molecule has 0 atom stereocenters. The van der Waals surface area contributed by atoms with Gasteiger partial charge in [0.05, 0.1) is 4.90 Å². The lowest BCUT2D eigenvalue weighted by molar-refractivity contribution is 0.362. The number of hydrogen-bond donors (Lipinski definition) is 2. The maximum Gasteiger partial charge on any atom is 0.240 e. The summed E-state index contributed by atoms with van der Waals surface area (Å²) in [6.07, 6.45) is 7.24. The quantitative estimate of drug-likeness (QED) is 0.767. The van der Waals surface area contributed by atoms with E-state index >= 15 is 0 Å². The van der Waals surface area contributed by atoms with Crippen LogP contribution in [0.25, 0.3) is 0 Å². The Hall–Kier alpha value is -0.560. The molecule has 1 aromatic carbocycles. The Morgan fingerprint density at radius 3 is 2.43 bits per heavy atom. The highest BCUT2D eigenvalue weighted by molar-refractivity contribution is 8.00. The first-order valence-electron chi connectivity index (χ1n) is 7.35. The van der Waals surface area contributed by atoms with Crippen LogP contribution >= 0.6 is 11.8 Å². The van der Waals surface area contributed by atoms with E-state index in [0.29, 0.717) is 18.0 Å². The molecule has 0 aromatic heterocycles. The van der Waals surface area contributed by atoms with E-state index in [9.17, 15) is 8.42 Å². The van der Waals surface area contributed by atoms with E-state index in [2.05, 4.69) is 11.0 Å². The Kier molecular flexibility index (Phi) is 5.71. The fourth-order valence-corrected chi connectivity index (χ4v) is 4.61. The summed E-state index contributed by atoms with van der Waals surface area (Å²) in [4.78, 5) is 0.342. The molecule has 0 heterocycles. The van der Waals surface area contributed by atoms with E-state index in [-0.39, 0.29) is 4.75 Å². The average molecular weight is 329 g/mol. The zero-order valence-corrected chi connectivity index (χ0v) is 14.1. The van der Waals surface area contributed by atoms with Crippen molar-refractivity contribution in [3.05, 3.63) is 29.8 Å². The number of thioether (sulfide) groups is 1. The lowest BCUT2D eigenvalue weighted by atomic mass is 9.84. The van der Waals surface area contributed by atoms with Gasteiger partial charge in [-0.2, -0.15) is 11.8 Å². The van der Waals surface area contributed by atoms with E-state index in [1.165, 1.54) is 6.42 Å². The standard InChI is InChI=1S/C15H24N2O2S2/c1-20-15(9-3-10-15)12-17-21(18,19)14-7-5-13(6-8-14)4-2-11-16/h5-8,17H,2-4,9-12,16H2,1H3.